The molecular weight excluding hydrogens is 218 g/mol. The molecule has 0 heterocycles. The van der Waals surface area contributed by atoms with Gasteiger partial charge in [-0.2, -0.15) is 5.26 Å². The van der Waals surface area contributed by atoms with Gasteiger partial charge in [0.1, 0.15) is 0 Å². The molecule has 0 aliphatic rings. The number of Topliss-reactive ketones (excluding diaryl/α,β-unsaturated/α-hetero) is 1. The summed E-state index contributed by atoms with van der Waals surface area (Å²) in [7, 11) is 1.29. The first kappa shape index (κ1) is 12.9. The van der Waals surface area contributed by atoms with Crippen LogP contribution in [0.3, 0.4) is 0 Å². The highest BCUT2D eigenvalue weighted by Crippen LogP contribution is 2.13. The van der Waals surface area contributed by atoms with Crippen LogP contribution in [-0.4, -0.2) is 18.9 Å². The van der Waals surface area contributed by atoms with E-state index in [0.717, 1.165) is 0 Å². The van der Waals surface area contributed by atoms with Crippen LogP contribution < -0.4 is 0 Å². The highest BCUT2D eigenvalue weighted by molar-refractivity contribution is 5.99. The van der Waals surface area contributed by atoms with E-state index in [2.05, 4.69) is 4.74 Å². The molecule has 0 aromatic heterocycles. The Hall–Kier alpha value is -2.15. The predicted octanol–water partition coefficient (Wildman–Crippen LogP) is 1.94. The molecular formula is C13H13NO3. The van der Waals surface area contributed by atoms with E-state index in [4.69, 9.17) is 5.26 Å². The largest absolute Gasteiger partial charge is 0.469 e. The van der Waals surface area contributed by atoms with Gasteiger partial charge in [-0.1, -0.05) is 19.1 Å². The third kappa shape index (κ3) is 3.42. The average Bonchev–Trinajstić information content (AvgIpc) is 2.37. The van der Waals surface area contributed by atoms with Crippen LogP contribution in [0.25, 0.3) is 0 Å². The summed E-state index contributed by atoms with van der Waals surface area (Å²) in [5, 5.41) is 8.63. The van der Waals surface area contributed by atoms with Gasteiger partial charge in [0.2, 0.25) is 0 Å². The van der Waals surface area contributed by atoms with Crippen LogP contribution in [0.15, 0.2) is 24.3 Å². The second-order valence-corrected chi connectivity index (χ2v) is 3.73. The van der Waals surface area contributed by atoms with Gasteiger partial charge in [-0.3, -0.25) is 9.59 Å². The summed E-state index contributed by atoms with van der Waals surface area (Å²) >= 11 is 0. The number of nitriles is 1. The first-order chi connectivity index (χ1) is 8.08. The van der Waals surface area contributed by atoms with Gasteiger partial charge in [-0.25, -0.2) is 0 Å². The van der Waals surface area contributed by atoms with Crippen LogP contribution in [0.1, 0.15) is 29.3 Å². The van der Waals surface area contributed by atoms with Gasteiger partial charge < -0.3 is 4.74 Å². The number of esters is 1. The number of carbonyl (C=O) groups excluding carboxylic acids is 2. The van der Waals surface area contributed by atoms with Gasteiger partial charge in [0.05, 0.1) is 25.2 Å². The summed E-state index contributed by atoms with van der Waals surface area (Å²) in [6.45, 7) is 1.68. The molecule has 17 heavy (non-hydrogen) atoms. The second-order valence-electron chi connectivity index (χ2n) is 3.73. The lowest BCUT2D eigenvalue weighted by atomic mass is 9.96. The Labute approximate surface area is 99.8 Å². The number of carbonyl (C=O) groups is 2. The molecule has 1 rings (SSSR count). The minimum Gasteiger partial charge on any atom is -0.469 e. The monoisotopic (exact) mass is 231 g/mol. The van der Waals surface area contributed by atoms with Gasteiger partial charge in [0.25, 0.3) is 0 Å². The standard InChI is InChI=1S/C13H13NO3/c1-9(7-12(15)17-2)13(16)11-5-3-10(8-14)4-6-11/h3-6,9H,7H2,1-2H3. The van der Waals surface area contributed by atoms with E-state index in [-0.39, 0.29) is 12.2 Å². The van der Waals surface area contributed by atoms with Crippen molar-refractivity contribution in [2.45, 2.75) is 13.3 Å². The summed E-state index contributed by atoms with van der Waals surface area (Å²) in [6.07, 6.45) is 0.0648. The lowest BCUT2D eigenvalue weighted by molar-refractivity contribution is -0.141. The maximum absolute atomic E-state index is 11.9. The van der Waals surface area contributed by atoms with Crippen molar-refractivity contribution in [2.75, 3.05) is 7.11 Å². The molecule has 0 fully saturated rings. The molecule has 0 saturated heterocycles. The molecule has 4 heteroatoms. The van der Waals surface area contributed by atoms with E-state index < -0.39 is 11.9 Å². The molecule has 1 aromatic rings. The normalized spacial score (nSPS) is 11.4. The predicted molar refractivity (Wildman–Crippen MR) is 61.3 cm³/mol. The Morgan fingerprint density at radius 3 is 2.41 bits per heavy atom. The van der Waals surface area contributed by atoms with Crippen LogP contribution in [0.5, 0.6) is 0 Å². The van der Waals surface area contributed by atoms with Crippen LogP contribution in [-0.2, 0) is 9.53 Å². The number of hydrogen-bond donors (Lipinski definition) is 0. The molecule has 1 atom stereocenters. The van der Waals surface area contributed by atoms with Crippen molar-refractivity contribution in [3.63, 3.8) is 0 Å². The Kier molecular flexibility index (Phi) is 4.41. The number of nitrogens with zero attached hydrogens (tertiary/aromatic N) is 1. The molecule has 88 valence electrons. The highest BCUT2D eigenvalue weighted by atomic mass is 16.5. The summed E-state index contributed by atoms with van der Waals surface area (Å²) in [5.74, 6) is -0.949. The Balaban J connectivity index is 2.75. The van der Waals surface area contributed by atoms with Crippen LogP contribution in [0.2, 0.25) is 0 Å². The highest BCUT2D eigenvalue weighted by Gasteiger charge is 2.18. The van der Waals surface area contributed by atoms with Crippen LogP contribution >= 0.6 is 0 Å². The van der Waals surface area contributed by atoms with Crippen molar-refractivity contribution in [3.05, 3.63) is 35.4 Å². The third-order valence-corrected chi connectivity index (χ3v) is 2.45. The van der Waals surface area contributed by atoms with Gasteiger partial charge >= 0.3 is 5.97 Å². The Morgan fingerprint density at radius 2 is 1.94 bits per heavy atom. The second kappa shape index (κ2) is 5.80. The lowest BCUT2D eigenvalue weighted by Crippen LogP contribution is -2.16. The molecule has 0 bridgehead atoms. The number of ether oxygens (including phenoxy) is 1. The number of hydrogen-bond acceptors (Lipinski definition) is 4. The molecule has 0 amide bonds. The number of rotatable bonds is 4. The Bertz CT molecular complexity index is 457. The molecule has 1 aromatic carbocycles. The fourth-order valence-corrected chi connectivity index (χ4v) is 1.42. The summed E-state index contributed by atoms with van der Waals surface area (Å²) in [6, 6.07) is 8.33. The summed E-state index contributed by atoms with van der Waals surface area (Å²) in [4.78, 5) is 22.9. The minimum absolute atomic E-state index is 0.0648. The molecule has 0 N–H and O–H groups in total. The Morgan fingerprint density at radius 1 is 1.35 bits per heavy atom. The zero-order chi connectivity index (χ0) is 12.8. The quantitative estimate of drug-likeness (QED) is 0.586. The molecule has 4 nitrogen and oxygen atoms in total. The van der Waals surface area contributed by atoms with E-state index >= 15 is 0 Å². The average molecular weight is 231 g/mol. The molecule has 1 unspecified atom stereocenters. The zero-order valence-corrected chi connectivity index (χ0v) is 9.77. The lowest BCUT2D eigenvalue weighted by Gasteiger charge is -2.08. The van der Waals surface area contributed by atoms with Crippen molar-refractivity contribution >= 4 is 11.8 Å². The van der Waals surface area contributed by atoms with E-state index in [1.807, 2.05) is 6.07 Å². The smallest absolute Gasteiger partial charge is 0.306 e. The van der Waals surface area contributed by atoms with Crippen molar-refractivity contribution in [1.29, 1.82) is 5.26 Å². The SMILES string of the molecule is COC(=O)CC(C)C(=O)c1ccc(C#N)cc1. The molecule has 0 radical (unpaired) electrons. The number of methoxy groups -OCH3 is 1. The molecule has 0 saturated carbocycles. The van der Waals surface area contributed by atoms with E-state index in [0.29, 0.717) is 11.1 Å². The maximum Gasteiger partial charge on any atom is 0.306 e. The number of benzene rings is 1. The fourth-order valence-electron chi connectivity index (χ4n) is 1.42. The van der Waals surface area contributed by atoms with Crippen molar-refractivity contribution in [1.82, 2.24) is 0 Å². The fraction of sp³-hybridized carbons (Fsp3) is 0.308. The maximum atomic E-state index is 11.9. The van der Waals surface area contributed by atoms with Crippen molar-refractivity contribution < 1.29 is 14.3 Å². The van der Waals surface area contributed by atoms with E-state index in [9.17, 15) is 9.59 Å². The first-order valence-electron chi connectivity index (χ1n) is 5.19. The van der Waals surface area contributed by atoms with Gasteiger partial charge in [0.15, 0.2) is 5.78 Å². The van der Waals surface area contributed by atoms with Crippen molar-refractivity contribution in [3.8, 4) is 6.07 Å². The summed E-state index contributed by atoms with van der Waals surface area (Å²) < 4.78 is 4.51. The van der Waals surface area contributed by atoms with Gasteiger partial charge in [0, 0.05) is 11.5 Å². The van der Waals surface area contributed by atoms with Crippen LogP contribution in [0, 0.1) is 17.2 Å². The van der Waals surface area contributed by atoms with Crippen LogP contribution in [0.4, 0.5) is 0 Å². The molecule has 0 aliphatic carbocycles. The van der Waals surface area contributed by atoms with Gasteiger partial charge in [-0.15, -0.1) is 0 Å². The van der Waals surface area contributed by atoms with E-state index in [1.54, 1.807) is 31.2 Å². The topological polar surface area (TPSA) is 67.2 Å². The number of ketones is 1. The minimum atomic E-state index is -0.421. The van der Waals surface area contributed by atoms with Crippen molar-refractivity contribution in [2.24, 2.45) is 5.92 Å². The third-order valence-electron chi connectivity index (χ3n) is 2.45. The van der Waals surface area contributed by atoms with Gasteiger partial charge in [-0.05, 0) is 12.1 Å². The molecule has 0 spiro atoms. The van der Waals surface area contributed by atoms with E-state index in [1.165, 1.54) is 7.11 Å². The zero-order valence-electron chi connectivity index (χ0n) is 9.77. The summed E-state index contributed by atoms with van der Waals surface area (Å²) in [5.41, 5.74) is 1.00. The first-order valence-corrected chi connectivity index (χ1v) is 5.19. The molecule has 0 aliphatic heterocycles.